The molecule has 0 saturated carbocycles. The zero-order valence-corrected chi connectivity index (χ0v) is 16.1. The number of hydrogen-bond acceptors (Lipinski definition) is 5. The van der Waals surface area contributed by atoms with Crippen LogP contribution in [0.2, 0.25) is 0 Å². The van der Waals surface area contributed by atoms with Gasteiger partial charge < -0.3 is 19.9 Å². The zero-order chi connectivity index (χ0) is 17.4. The van der Waals surface area contributed by atoms with Gasteiger partial charge in [-0.15, -0.1) is 10.2 Å². The van der Waals surface area contributed by atoms with Crippen LogP contribution in [0.1, 0.15) is 37.8 Å². The number of thioether (sulfide) groups is 1. The van der Waals surface area contributed by atoms with Crippen LogP contribution >= 0.6 is 11.8 Å². The number of guanidine groups is 1. The maximum Gasteiger partial charge on any atom is 0.191 e. The molecule has 2 rings (SSSR count). The van der Waals surface area contributed by atoms with Gasteiger partial charge >= 0.3 is 0 Å². The predicted molar refractivity (Wildman–Crippen MR) is 99.5 cm³/mol. The van der Waals surface area contributed by atoms with Crippen molar-refractivity contribution in [1.82, 2.24) is 25.4 Å². The van der Waals surface area contributed by atoms with Crippen molar-refractivity contribution in [1.29, 1.82) is 0 Å². The van der Waals surface area contributed by atoms with Crippen LogP contribution in [0.25, 0.3) is 0 Å². The van der Waals surface area contributed by atoms with Crippen LogP contribution < -0.4 is 10.6 Å². The van der Waals surface area contributed by atoms with Gasteiger partial charge in [-0.25, -0.2) is 4.99 Å². The summed E-state index contributed by atoms with van der Waals surface area (Å²) in [5, 5.41) is 15.1. The molecular weight excluding hydrogens is 324 g/mol. The molecule has 1 atom stereocenters. The molecule has 1 aliphatic heterocycles. The summed E-state index contributed by atoms with van der Waals surface area (Å²) < 4.78 is 7.81. The van der Waals surface area contributed by atoms with Gasteiger partial charge in [-0.3, -0.25) is 0 Å². The van der Waals surface area contributed by atoms with Crippen molar-refractivity contribution in [2.75, 3.05) is 31.7 Å². The van der Waals surface area contributed by atoms with Crippen molar-refractivity contribution in [3.63, 3.8) is 0 Å². The van der Waals surface area contributed by atoms with Crippen LogP contribution in [0.5, 0.6) is 0 Å². The lowest BCUT2D eigenvalue weighted by Crippen LogP contribution is -2.45. The fourth-order valence-corrected chi connectivity index (χ4v) is 3.02. The third-order valence-electron chi connectivity index (χ3n) is 4.31. The molecule has 1 fully saturated rings. The average Bonchev–Trinajstić information content (AvgIpc) is 3.14. The molecule has 136 valence electrons. The van der Waals surface area contributed by atoms with Crippen LogP contribution in [0, 0.1) is 6.92 Å². The Balaban J connectivity index is 1.92. The summed E-state index contributed by atoms with van der Waals surface area (Å²) >= 11 is 1.86. The maximum absolute atomic E-state index is 5.84. The van der Waals surface area contributed by atoms with Gasteiger partial charge in [0.15, 0.2) is 11.8 Å². The highest BCUT2D eigenvalue weighted by molar-refractivity contribution is 7.98. The monoisotopic (exact) mass is 354 g/mol. The molecule has 1 unspecified atom stereocenters. The first-order valence-electron chi connectivity index (χ1n) is 8.54. The van der Waals surface area contributed by atoms with E-state index in [1.807, 2.05) is 30.3 Å². The third-order valence-corrected chi connectivity index (χ3v) is 5.01. The molecule has 2 heterocycles. The number of aliphatic imine (C=N–C) groups is 1. The quantitative estimate of drug-likeness (QED) is 0.418. The van der Waals surface area contributed by atoms with E-state index < -0.39 is 0 Å². The number of aromatic nitrogens is 3. The van der Waals surface area contributed by atoms with Gasteiger partial charge in [-0.2, -0.15) is 11.8 Å². The van der Waals surface area contributed by atoms with Gasteiger partial charge in [-0.05, 0) is 45.1 Å². The van der Waals surface area contributed by atoms with Crippen molar-refractivity contribution in [2.45, 2.75) is 45.3 Å². The Morgan fingerprint density at radius 2 is 2.25 bits per heavy atom. The predicted octanol–water partition coefficient (Wildman–Crippen LogP) is 1.48. The second-order valence-corrected chi connectivity index (χ2v) is 7.40. The molecule has 0 amide bonds. The number of ether oxygens (including phenoxy) is 1. The summed E-state index contributed by atoms with van der Waals surface area (Å²) in [6, 6.07) is 0. The third kappa shape index (κ3) is 5.66. The first-order valence-corrected chi connectivity index (χ1v) is 9.93. The van der Waals surface area contributed by atoms with E-state index >= 15 is 0 Å². The Bertz CT molecular complexity index is 539. The second-order valence-electron chi connectivity index (χ2n) is 6.42. The number of nitrogens with zero attached hydrogens (tertiary/aromatic N) is 4. The van der Waals surface area contributed by atoms with Gasteiger partial charge in [0.2, 0.25) is 0 Å². The van der Waals surface area contributed by atoms with Crippen LogP contribution in [0.3, 0.4) is 0 Å². The smallest absolute Gasteiger partial charge is 0.191 e. The number of hydrogen-bond donors (Lipinski definition) is 2. The normalized spacial score (nSPS) is 21.2. The van der Waals surface area contributed by atoms with Crippen molar-refractivity contribution in [3.05, 3.63) is 11.6 Å². The maximum atomic E-state index is 5.84. The molecule has 8 heteroatoms. The molecule has 0 bridgehead atoms. The average molecular weight is 355 g/mol. The molecule has 1 saturated heterocycles. The molecule has 0 aliphatic carbocycles. The van der Waals surface area contributed by atoms with Crippen LogP contribution in [-0.4, -0.2) is 58.0 Å². The van der Waals surface area contributed by atoms with E-state index in [2.05, 4.69) is 39.0 Å². The van der Waals surface area contributed by atoms with Crippen LogP contribution in [0.4, 0.5) is 0 Å². The van der Waals surface area contributed by atoms with Gasteiger partial charge in [0, 0.05) is 26.7 Å². The fraction of sp³-hybridized carbons (Fsp3) is 0.812. The molecule has 24 heavy (non-hydrogen) atoms. The van der Waals surface area contributed by atoms with Crippen molar-refractivity contribution in [3.8, 4) is 0 Å². The van der Waals surface area contributed by atoms with Crippen LogP contribution in [0.15, 0.2) is 4.99 Å². The lowest BCUT2D eigenvalue weighted by molar-refractivity contribution is 0.0242. The highest BCUT2D eigenvalue weighted by Gasteiger charge is 2.29. The molecule has 0 radical (unpaired) electrons. The van der Waals surface area contributed by atoms with E-state index in [9.17, 15) is 0 Å². The Morgan fingerprint density at radius 3 is 2.88 bits per heavy atom. The highest BCUT2D eigenvalue weighted by atomic mass is 32.2. The van der Waals surface area contributed by atoms with Crippen molar-refractivity contribution < 1.29 is 4.74 Å². The minimum Gasteiger partial charge on any atom is -0.373 e. The first kappa shape index (κ1) is 19.1. The van der Waals surface area contributed by atoms with E-state index in [0.29, 0.717) is 6.54 Å². The fourth-order valence-electron chi connectivity index (χ4n) is 2.58. The largest absolute Gasteiger partial charge is 0.373 e. The van der Waals surface area contributed by atoms with Crippen LogP contribution in [-0.2, 0) is 18.3 Å². The SMILES string of the molecule is CSCCCNC(=NCc1nnc(C)n1C)NCC1(C)CCCO1. The minimum absolute atomic E-state index is 0.0942. The van der Waals surface area contributed by atoms with E-state index in [1.165, 1.54) is 0 Å². The van der Waals surface area contributed by atoms with Gasteiger partial charge in [0.05, 0.1) is 5.60 Å². The van der Waals surface area contributed by atoms with Crippen molar-refractivity contribution >= 4 is 17.7 Å². The molecule has 1 aliphatic rings. The Labute approximate surface area is 149 Å². The topological polar surface area (TPSA) is 76.4 Å². The van der Waals surface area contributed by atoms with E-state index in [1.54, 1.807) is 0 Å². The zero-order valence-electron chi connectivity index (χ0n) is 15.3. The van der Waals surface area contributed by atoms with Gasteiger partial charge in [0.1, 0.15) is 12.4 Å². The molecule has 0 spiro atoms. The first-order chi connectivity index (χ1) is 11.5. The standard InChI is InChI=1S/C16H30N6OS/c1-13-20-21-14(22(13)3)11-18-15(17-8-6-10-24-4)19-12-16(2)7-5-9-23-16/h5-12H2,1-4H3,(H2,17,18,19). The van der Waals surface area contributed by atoms with E-state index in [0.717, 1.165) is 62.3 Å². The molecule has 2 N–H and O–H groups in total. The van der Waals surface area contributed by atoms with E-state index in [4.69, 9.17) is 4.74 Å². The van der Waals surface area contributed by atoms with Gasteiger partial charge in [0.25, 0.3) is 0 Å². The van der Waals surface area contributed by atoms with Gasteiger partial charge in [-0.1, -0.05) is 0 Å². The second kappa shape index (κ2) is 9.27. The molecule has 1 aromatic heterocycles. The van der Waals surface area contributed by atoms with E-state index in [-0.39, 0.29) is 5.60 Å². The number of aryl methyl sites for hydroxylation is 1. The highest BCUT2D eigenvalue weighted by Crippen LogP contribution is 2.23. The Kier molecular flexibility index (Phi) is 7.36. The number of nitrogens with one attached hydrogen (secondary N) is 2. The molecule has 7 nitrogen and oxygen atoms in total. The Morgan fingerprint density at radius 1 is 1.42 bits per heavy atom. The lowest BCUT2D eigenvalue weighted by atomic mass is 10.0. The molecule has 0 aromatic carbocycles. The summed E-state index contributed by atoms with van der Waals surface area (Å²) in [5.41, 5.74) is -0.0942. The summed E-state index contributed by atoms with van der Waals surface area (Å²) in [5.74, 6) is 3.72. The lowest BCUT2D eigenvalue weighted by Gasteiger charge is -2.24. The summed E-state index contributed by atoms with van der Waals surface area (Å²) in [6.45, 7) is 7.13. The molecule has 1 aromatic rings. The number of rotatable bonds is 8. The summed E-state index contributed by atoms with van der Waals surface area (Å²) in [7, 11) is 1.96. The summed E-state index contributed by atoms with van der Waals surface area (Å²) in [6.07, 6.45) is 5.45. The molecular formula is C16H30N6OS. The minimum atomic E-state index is -0.0942. The van der Waals surface area contributed by atoms with Crippen molar-refractivity contribution in [2.24, 2.45) is 12.0 Å². The summed E-state index contributed by atoms with van der Waals surface area (Å²) in [4.78, 5) is 4.67. The Hall–Kier alpha value is -1.28.